The summed E-state index contributed by atoms with van der Waals surface area (Å²) in [5.41, 5.74) is 6.35. The molecule has 0 aliphatic heterocycles. The fourth-order valence-corrected chi connectivity index (χ4v) is 3.46. The first-order valence-electron chi connectivity index (χ1n) is 5.49. The molecule has 0 bridgehead atoms. The first kappa shape index (κ1) is 14.7. The molecule has 1 heterocycles. The van der Waals surface area contributed by atoms with Crippen molar-refractivity contribution in [3.63, 3.8) is 0 Å². The second-order valence-electron chi connectivity index (χ2n) is 4.11. The number of rotatable bonds is 3. The molecule has 0 aliphatic carbocycles. The second-order valence-corrected chi connectivity index (χ2v) is 6.62. The van der Waals surface area contributed by atoms with Crippen LogP contribution in [0.5, 0.6) is 0 Å². The van der Waals surface area contributed by atoms with Gasteiger partial charge in [-0.3, -0.25) is 4.72 Å². The number of nitrogen functional groups attached to an aromatic ring is 1. The van der Waals surface area contributed by atoms with Crippen LogP contribution in [-0.2, 0) is 10.0 Å². The van der Waals surface area contributed by atoms with Crippen LogP contribution in [0.25, 0.3) is 0 Å². The third kappa shape index (κ3) is 3.07. The lowest BCUT2D eigenvalue weighted by molar-refractivity contribution is 0.594. The molecule has 0 amide bonds. The summed E-state index contributed by atoms with van der Waals surface area (Å²) < 4.78 is 40.4. The van der Waals surface area contributed by atoms with Crippen molar-refractivity contribution < 1.29 is 12.8 Å². The number of halogens is 2. The zero-order chi connectivity index (χ0) is 14.9. The molecule has 0 aliphatic rings. The molecule has 0 saturated carbocycles. The smallest absolute Gasteiger partial charge is 0.263 e. The summed E-state index contributed by atoms with van der Waals surface area (Å²) in [5, 5.41) is 0. The highest BCUT2D eigenvalue weighted by Gasteiger charge is 2.19. The zero-order valence-electron chi connectivity index (χ0n) is 10.4. The number of nitrogens with one attached hydrogen (secondary N) is 1. The monoisotopic (exact) mass is 359 g/mol. The molecular formula is C12H11BrFN3O2S. The Labute approximate surface area is 124 Å². The molecule has 1 aromatic heterocycles. The molecule has 0 atom stereocenters. The average Bonchev–Trinajstić information content (AvgIpc) is 2.35. The lowest BCUT2D eigenvalue weighted by Crippen LogP contribution is -2.16. The van der Waals surface area contributed by atoms with E-state index in [1.807, 2.05) is 0 Å². The van der Waals surface area contributed by atoms with E-state index in [1.165, 1.54) is 24.4 Å². The van der Waals surface area contributed by atoms with E-state index in [0.717, 1.165) is 6.07 Å². The van der Waals surface area contributed by atoms with Gasteiger partial charge >= 0.3 is 0 Å². The molecule has 0 radical (unpaired) electrons. The third-order valence-corrected chi connectivity index (χ3v) is 4.62. The highest BCUT2D eigenvalue weighted by atomic mass is 79.9. The number of aromatic nitrogens is 1. The average molecular weight is 360 g/mol. The van der Waals surface area contributed by atoms with Crippen LogP contribution in [0.3, 0.4) is 0 Å². The number of aryl methyl sites for hydroxylation is 1. The number of sulfonamides is 1. The van der Waals surface area contributed by atoms with Gasteiger partial charge in [-0.05, 0) is 46.6 Å². The van der Waals surface area contributed by atoms with Gasteiger partial charge in [-0.2, -0.15) is 0 Å². The Morgan fingerprint density at radius 2 is 2.05 bits per heavy atom. The highest BCUT2D eigenvalue weighted by Crippen LogP contribution is 2.25. The summed E-state index contributed by atoms with van der Waals surface area (Å²) in [6.07, 6.45) is 1.32. The Balaban J connectivity index is 2.43. The molecular weight excluding hydrogens is 349 g/mol. The van der Waals surface area contributed by atoms with Crippen LogP contribution >= 0.6 is 15.9 Å². The van der Waals surface area contributed by atoms with Gasteiger partial charge in [-0.1, -0.05) is 6.07 Å². The Hall–Kier alpha value is -1.67. The normalized spacial score (nSPS) is 11.3. The summed E-state index contributed by atoms with van der Waals surface area (Å²) in [7, 11) is -3.93. The van der Waals surface area contributed by atoms with E-state index < -0.39 is 15.8 Å². The number of hydrogen-bond donors (Lipinski definition) is 2. The summed E-state index contributed by atoms with van der Waals surface area (Å²) in [5.74, 6) is -0.539. The Morgan fingerprint density at radius 1 is 1.35 bits per heavy atom. The minimum absolute atomic E-state index is 0.0860. The van der Waals surface area contributed by atoms with E-state index in [0.29, 0.717) is 15.7 Å². The third-order valence-electron chi connectivity index (χ3n) is 2.53. The Bertz CT molecular complexity index is 765. The van der Waals surface area contributed by atoms with Gasteiger partial charge in [0.25, 0.3) is 10.0 Å². The first-order valence-corrected chi connectivity index (χ1v) is 7.77. The van der Waals surface area contributed by atoms with Crippen molar-refractivity contribution >= 4 is 37.5 Å². The van der Waals surface area contributed by atoms with E-state index in [2.05, 4.69) is 25.6 Å². The molecule has 8 heteroatoms. The van der Waals surface area contributed by atoms with Crippen molar-refractivity contribution in [2.75, 3.05) is 10.5 Å². The van der Waals surface area contributed by atoms with Gasteiger partial charge in [-0.25, -0.2) is 17.8 Å². The molecule has 0 saturated heterocycles. The van der Waals surface area contributed by atoms with Gasteiger partial charge in [-0.15, -0.1) is 0 Å². The van der Waals surface area contributed by atoms with E-state index in [4.69, 9.17) is 5.73 Å². The van der Waals surface area contributed by atoms with Crippen molar-refractivity contribution in [3.8, 4) is 0 Å². The maximum Gasteiger partial charge on any atom is 0.263 e. The molecule has 106 valence electrons. The van der Waals surface area contributed by atoms with E-state index in [-0.39, 0.29) is 10.7 Å². The molecule has 0 unspecified atom stereocenters. The fraction of sp³-hybridized carbons (Fsp3) is 0.0833. The summed E-state index contributed by atoms with van der Waals surface area (Å²) in [6, 6.07) is 5.08. The van der Waals surface area contributed by atoms with Crippen molar-refractivity contribution in [3.05, 3.63) is 46.3 Å². The first-order chi connectivity index (χ1) is 9.29. The quantitative estimate of drug-likeness (QED) is 0.881. The lowest BCUT2D eigenvalue weighted by atomic mass is 10.2. The topological polar surface area (TPSA) is 85.1 Å². The van der Waals surface area contributed by atoms with Gasteiger partial charge in [0.15, 0.2) is 5.82 Å². The maximum absolute atomic E-state index is 13.2. The number of nitrogens with two attached hydrogens (primary N) is 1. The van der Waals surface area contributed by atoms with Gasteiger partial charge < -0.3 is 5.73 Å². The summed E-state index contributed by atoms with van der Waals surface area (Å²) in [6.45, 7) is 1.58. The van der Waals surface area contributed by atoms with Gasteiger partial charge in [0, 0.05) is 0 Å². The summed E-state index contributed by atoms with van der Waals surface area (Å²) >= 11 is 3.16. The molecule has 0 spiro atoms. The summed E-state index contributed by atoms with van der Waals surface area (Å²) in [4.78, 5) is 3.75. The second kappa shape index (κ2) is 5.37. The molecule has 5 nitrogen and oxygen atoms in total. The standard InChI is InChI=1S/C12H11BrFN3O2S/c1-7-2-3-8(14)4-11(7)20(18,19)17-12-10(13)5-9(15)6-16-12/h2-6H,15H2,1H3,(H,16,17). The van der Waals surface area contributed by atoms with Crippen LogP contribution in [0.2, 0.25) is 0 Å². The van der Waals surface area contributed by atoms with E-state index in [1.54, 1.807) is 6.92 Å². The predicted molar refractivity (Wildman–Crippen MR) is 78.3 cm³/mol. The number of anilines is 2. The van der Waals surface area contributed by atoms with Crippen LogP contribution in [0, 0.1) is 12.7 Å². The molecule has 2 aromatic rings. The van der Waals surface area contributed by atoms with Crippen molar-refractivity contribution in [1.29, 1.82) is 0 Å². The van der Waals surface area contributed by atoms with Gasteiger partial charge in [0.05, 0.1) is 21.3 Å². The molecule has 0 fully saturated rings. The predicted octanol–water partition coefficient (Wildman–Crippen LogP) is 2.67. The lowest BCUT2D eigenvalue weighted by Gasteiger charge is -2.11. The van der Waals surface area contributed by atoms with E-state index in [9.17, 15) is 12.8 Å². The van der Waals surface area contributed by atoms with Gasteiger partial charge in [0.1, 0.15) is 5.82 Å². The number of benzene rings is 1. The largest absolute Gasteiger partial charge is 0.397 e. The molecule has 20 heavy (non-hydrogen) atoms. The Kier molecular flexibility index (Phi) is 3.96. The minimum Gasteiger partial charge on any atom is -0.397 e. The number of nitrogens with zero attached hydrogens (tertiary/aromatic N) is 1. The van der Waals surface area contributed by atoms with Crippen molar-refractivity contribution in [1.82, 2.24) is 4.98 Å². The van der Waals surface area contributed by atoms with Crippen LogP contribution in [0.15, 0.2) is 39.8 Å². The molecule has 1 aromatic carbocycles. The maximum atomic E-state index is 13.2. The molecule has 2 rings (SSSR count). The zero-order valence-corrected chi connectivity index (χ0v) is 12.8. The van der Waals surface area contributed by atoms with Gasteiger partial charge in [0.2, 0.25) is 0 Å². The van der Waals surface area contributed by atoms with Crippen LogP contribution < -0.4 is 10.5 Å². The van der Waals surface area contributed by atoms with Crippen molar-refractivity contribution in [2.45, 2.75) is 11.8 Å². The van der Waals surface area contributed by atoms with E-state index >= 15 is 0 Å². The number of hydrogen-bond acceptors (Lipinski definition) is 4. The Morgan fingerprint density at radius 3 is 2.70 bits per heavy atom. The minimum atomic E-state index is -3.93. The number of pyridine rings is 1. The van der Waals surface area contributed by atoms with Crippen LogP contribution in [0.1, 0.15) is 5.56 Å². The van der Waals surface area contributed by atoms with Crippen LogP contribution in [0.4, 0.5) is 15.9 Å². The van der Waals surface area contributed by atoms with Crippen molar-refractivity contribution in [2.24, 2.45) is 0 Å². The fourth-order valence-electron chi connectivity index (χ4n) is 1.57. The molecule has 3 N–H and O–H groups in total. The van der Waals surface area contributed by atoms with Crippen LogP contribution in [-0.4, -0.2) is 13.4 Å². The highest BCUT2D eigenvalue weighted by molar-refractivity contribution is 9.10. The SMILES string of the molecule is Cc1ccc(F)cc1S(=O)(=O)Nc1ncc(N)cc1Br.